The van der Waals surface area contributed by atoms with E-state index in [0.29, 0.717) is 16.2 Å². The van der Waals surface area contributed by atoms with E-state index in [4.69, 9.17) is 22.2 Å². The van der Waals surface area contributed by atoms with Gasteiger partial charge in [-0.25, -0.2) is 9.59 Å². The van der Waals surface area contributed by atoms with Crippen molar-refractivity contribution in [1.29, 1.82) is 0 Å². The number of carbonyl (C=O) groups excluding carboxylic acids is 1. The molecule has 0 bridgehead atoms. The van der Waals surface area contributed by atoms with E-state index in [1.165, 1.54) is 0 Å². The third-order valence-corrected chi connectivity index (χ3v) is 3.56. The number of benzene rings is 1. The van der Waals surface area contributed by atoms with Crippen LogP contribution in [0.2, 0.25) is 5.02 Å². The maximum atomic E-state index is 10.9. The molecule has 0 fully saturated rings. The Bertz CT molecular complexity index is 929. The van der Waals surface area contributed by atoms with Gasteiger partial charge in [-0.2, -0.15) is 0 Å². The van der Waals surface area contributed by atoms with Crippen molar-refractivity contribution < 1.29 is 24.9 Å². The molecule has 0 aliphatic rings. The van der Waals surface area contributed by atoms with Gasteiger partial charge in [-0.05, 0) is 50.5 Å². The summed E-state index contributed by atoms with van der Waals surface area (Å²) in [6.07, 6.45) is -0.872. The van der Waals surface area contributed by atoms with Crippen molar-refractivity contribution in [3.63, 3.8) is 0 Å². The number of fused-ring (bicyclic) bond motifs is 1. The van der Waals surface area contributed by atoms with Crippen LogP contribution in [0.3, 0.4) is 0 Å². The Morgan fingerprint density at radius 3 is 3.00 bits per heavy atom. The monoisotopic (exact) mass is 383 g/mol. The van der Waals surface area contributed by atoms with Gasteiger partial charge in [-0.3, -0.25) is 4.98 Å². The van der Waals surface area contributed by atoms with Crippen LogP contribution in [0.1, 0.15) is 25.2 Å². The van der Waals surface area contributed by atoms with Gasteiger partial charge >= 0.3 is 11.9 Å². The zero-order chi connectivity index (χ0) is 22.5. The summed E-state index contributed by atoms with van der Waals surface area (Å²) in [4.78, 5) is 25.5. The molecule has 3 N–H and O–H groups in total. The zero-order valence-electron chi connectivity index (χ0n) is 18.1. The number of anilines is 1. The van der Waals surface area contributed by atoms with E-state index in [9.17, 15) is 9.59 Å². The lowest BCUT2D eigenvalue weighted by atomic mass is 10.1. The third kappa shape index (κ3) is 6.16. The first-order chi connectivity index (χ1) is 13.9. The van der Waals surface area contributed by atoms with Crippen molar-refractivity contribution in [2.75, 3.05) is 25.0 Å². The Balaban J connectivity index is 1.98. The van der Waals surface area contributed by atoms with E-state index in [1.54, 1.807) is 37.4 Å². The van der Waals surface area contributed by atoms with E-state index < -0.39 is 37.5 Å². The molecule has 0 spiro atoms. The molecule has 0 amide bonds. The normalized spacial score (nSPS) is 15.3. The third-order valence-electron chi connectivity index (χ3n) is 3.33. The molecule has 0 aliphatic heterocycles. The Morgan fingerprint density at radius 1 is 1.42 bits per heavy atom. The summed E-state index contributed by atoms with van der Waals surface area (Å²) in [5.74, 6) is -3.21. The van der Waals surface area contributed by atoms with Gasteiger partial charge < -0.3 is 20.5 Å². The molecule has 1 atom stereocenters. The average Bonchev–Trinajstić information content (AvgIpc) is 2.64. The van der Waals surface area contributed by atoms with Gasteiger partial charge in [0, 0.05) is 40.4 Å². The van der Waals surface area contributed by atoms with Crippen molar-refractivity contribution >= 4 is 40.1 Å². The van der Waals surface area contributed by atoms with Gasteiger partial charge in [0.25, 0.3) is 0 Å². The topological polar surface area (TPSA) is 101 Å². The van der Waals surface area contributed by atoms with E-state index in [2.05, 4.69) is 20.4 Å². The standard InChI is InChI=1S/C18H22ClN3O4/c1-12(3-2-7-20-9-10-26-18(25)17(23)24)22-15-6-8-21-16-11-13(19)4-5-14(15)16/h4-6,8,11-12,20H,2-3,7,9-10H2,1H3,(H,21,22)(H,23,24)/i2D2,7D2. The minimum Gasteiger partial charge on any atom is -0.473 e. The van der Waals surface area contributed by atoms with Gasteiger partial charge in [0.05, 0.1) is 5.52 Å². The number of ether oxygens (including phenoxy) is 1. The molecule has 2 aromatic rings. The van der Waals surface area contributed by atoms with Crippen LogP contribution in [-0.4, -0.2) is 47.7 Å². The Labute approximate surface area is 162 Å². The van der Waals surface area contributed by atoms with Crippen molar-refractivity contribution in [2.45, 2.75) is 25.8 Å². The number of nitrogens with zero attached hydrogens (tertiary/aromatic N) is 1. The highest BCUT2D eigenvalue weighted by Crippen LogP contribution is 2.25. The van der Waals surface area contributed by atoms with E-state index in [0.717, 1.165) is 5.39 Å². The molecular formula is C18H22ClN3O4. The lowest BCUT2D eigenvalue weighted by molar-refractivity contribution is -0.163. The summed E-state index contributed by atoms with van der Waals surface area (Å²) < 4.78 is 36.7. The number of pyridine rings is 1. The van der Waals surface area contributed by atoms with Crippen molar-refractivity contribution in [3.8, 4) is 0 Å². The van der Waals surface area contributed by atoms with E-state index >= 15 is 0 Å². The van der Waals surface area contributed by atoms with Gasteiger partial charge in [0.15, 0.2) is 0 Å². The summed E-state index contributed by atoms with van der Waals surface area (Å²) >= 11 is 5.98. The Hall–Kier alpha value is -2.38. The number of hydrogen-bond acceptors (Lipinski definition) is 6. The first-order valence-corrected chi connectivity index (χ1v) is 8.26. The highest BCUT2D eigenvalue weighted by Gasteiger charge is 2.11. The molecule has 140 valence electrons. The minimum absolute atomic E-state index is 0.181. The number of carbonyl (C=O) groups is 2. The average molecular weight is 384 g/mol. The fourth-order valence-electron chi connectivity index (χ4n) is 2.15. The van der Waals surface area contributed by atoms with Crippen LogP contribution < -0.4 is 10.6 Å². The molecule has 0 aliphatic carbocycles. The van der Waals surface area contributed by atoms with Crippen molar-refractivity contribution in [1.82, 2.24) is 10.3 Å². The van der Waals surface area contributed by atoms with Crippen molar-refractivity contribution in [3.05, 3.63) is 35.5 Å². The van der Waals surface area contributed by atoms with Gasteiger partial charge in [0.2, 0.25) is 0 Å². The van der Waals surface area contributed by atoms with E-state index in [1.807, 2.05) is 0 Å². The largest absolute Gasteiger partial charge is 0.473 e. The number of esters is 1. The number of carboxylic acid groups (broad SMARTS) is 1. The van der Waals surface area contributed by atoms with Gasteiger partial charge in [0.1, 0.15) is 6.61 Å². The second kappa shape index (κ2) is 9.94. The number of nitrogens with one attached hydrogen (secondary N) is 2. The lowest BCUT2D eigenvalue weighted by Crippen LogP contribution is -2.26. The molecule has 0 saturated heterocycles. The predicted molar refractivity (Wildman–Crippen MR) is 101 cm³/mol. The number of rotatable bonds is 9. The summed E-state index contributed by atoms with van der Waals surface area (Å²) in [6, 6.07) is 6.54. The molecular weight excluding hydrogens is 358 g/mol. The van der Waals surface area contributed by atoms with Crippen LogP contribution in [0.5, 0.6) is 0 Å². The minimum atomic E-state index is -2.45. The van der Waals surface area contributed by atoms with Crippen LogP contribution in [0.25, 0.3) is 10.9 Å². The fourth-order valence-corrected chi connectivity index (χ4v) is 2.32. The van der Waals surface area contributed by atoms with Crippen LogP contribution in [0.4, 0.5) is 5.69 Å². The number of carboxylic acids is 1. The molecule has 1 heterocycles. The van der Waals surface area contributed by atoms with Gasteiger partial charge in [-0.1, -0.05) is 11.6 Å². The Kier molecular flexibility index (Phi) is 5.64. The molecule has 26 heavy (non-hydrogen) atoms. The highest BCUT2D eigenvalue weighted by atomic mass is 35.5. The van der Waals surface area contributed by atoms with Crippen LogP contribution in [0.15, 0.2) is 30.5 Å². The first kappa shape index (κ1) is 14.8. The van der Waals surface area contributed by atoms with Crippen LogP contribution >= 0.6 is 11.6 Å². The van der Waals surface area contributed by atoms with E-state index in [-0.39, 0.29) is 13.0 Å². The summed E-state index contributed by atoms with van der Waals surface area (Å²) in [5.41, 5.74) is 1.39. The SMILES string of the molecule is [2H]C([2H])(CC(C)Nc1ccnc2cc(Cl)ccc12)C([2H])([2H])NCCOC(=O)C(=O)O. The smallest absolute Gasteiger partial charge is 0.417 e. The zero-order valence-corrected chi connectivity index (χ0v) is 14.8. The number of hydrogen-bond donors (Lipinski definition) is 3. The second-order valence-corrected chi connectivity index (χ2v) is 5.88. The molecule has 1 aromatic heterocycles. The quantitative estimate of drug-likeness (QED) is 0.347. The molecule has 0 radical (unpaired) electrons. The number of aromatic nitrogens is 1. The molecule has 7 nitrogen and oxygen atoms in total. The summed E-state index contributed by atoms with van der Waals surface area (Å²) in [7, 11) is 0. The molecule has 2 rings (SSSR count). The van der Waals surface area contributed by atoms with Crippen LogP contribution in [-0.2, 0) is 14.3 Å². The summed E-state index contributed by atoms with van der Waals surface area (Å²) in [6.45, 7) is -1.37. The predicted octanol–water partition coefficient (Wildman–Crippen LogP) is 2.69. The molecule has 1 unspecified atom stereocenters. The maximum Gasteiger partial charge on any atom is 0.417 e. The highest BCUT2D eigenvalue weighted by molar-refractivity contribution is 6.31. The summed E-state index contributed by atoms with van der Waals surface area (Å²) in [5, 5.41) is 15.3. The number of aliphatic carboxylic acids is 1. The Morgan fingerprint density at radius 2 is 2.23 bits per heavy atom. The lowest BCUT2D eigenvalue weighted by Gasteiger charge is -2.17. The van der Waals surface area contributed by atoms with Crippen LogP contribution in [0, 0.1) is 0 Å². The first-order valence-electron chi connectivity index (χ1n) is 9.89. The van der Waals surface area contributed by atoms with Crippen molar-refractivity contribution in [2.24, 2.45) is 0 Å². The molecule has 8 heteroatoms. The molecule has 1 aromatic carbocycles. The fraction of sp³-hybridized carbons (Fsp3) is 0.389. The molecule has 0 saturated carbocycles. The van der Waals surface area contributed by atoms with Gasteiger partial charge in [-0.15, -0.1) is 0 Å². The second-order valence-electron chi connectivity index (χ2n) is 5.44. The maximum absolute atomic E-state index is 10.9. The number of halogens is 1.